The summed E-state index contributed by atoms with van der Waals surface area (Å²) < 4.78 is 46.2. The van der Waals surface area contributed by atoms with E-state index in [0.29, 0.717) is 23.1 Å². The third kappa shape index (κ3) is 5.90. The van der Waals surface area contributed by atoms with Crippen molar-refractivity contribution in [3.8, 4) is 11.6 Å². The topological polar surface area (TPSA) is 124 Å². The molecule has 0 saturated heterocycles. The number of amides is 2. The van der Waals surface area contributed by atoms with Gasteiger partial charge < -0.3 is 21.1 Å². The van der Waals surface area contributed by atoms with Gasteiger partial charge in [-0.15, -0.1) is 0 Å². The number of para-hydroxylation sites is 1. The van der Waals surface area contributed by atoms with Crippen LogP contribution >= 0.6 is 0 Å². The maximum Gasteiger partial charge on any atom is 0.435 e. The summed E-state index contributed by atoms with van der Waals surface area (Å²) in [5, 5.41) is 8.71. The standard InChI is InChI=1S/C22H23F3N6O3/c1-13(26)20(32)28-12-15-7-5-9-19(29-15)31-16(10-18(30-31)22(23,24)25)21(33)27-11-14-6-3-4-8-17(14)34-2/h3-10,13H,11-12,26H2,1-2H3,(H,27,33)(H,28,32). The average molecular weight is 476 g/mol. The van der Waals surface area contributed by atoms with E-state index in [4.69, 9.17) is 10.5 Å². The molecule has 0 bridgehead atoms. The van der Waals surface area contributed by atoms with Crippen LogP contribution in [0.4, 0.5) is 13.2 Å². The molecule has 0 fully saturated rings. The van der Waals surface area contributed by atoms with Crippen LogP contribution in [0.1, 0.15) is 34.4 Å². The van der Waals surface area contributed by atoms with Crippen molar-refractivity contribution in [3.63, 3.8) is 0 Å². The number of methoxy groups -OCH3 is 1. The number of ether oxygens (including phenoxy) is 1. The molecule has 2 amide bonds. The fraction of sp³-hybridized carbons (Fsp3) is 0.273. The van der Waals surface area contributed by atoms with Crippen molar-refractivity contribution in [1.82, 2.24) is 25.4 Å². The zero-order valence-electron chi connectivity index (χ0n) is 18.4. The monoisotopic (exact) mass is 476 g/mol. The Balaban J connectivity index is 1.89. The minimum Gasteiger partial charge on any atom is -0.496 e. The molecule has 3 rings (SSSR count). The SMILES string of the molecule is COc1ccccc1CNC(=O)c1cc(C(F)(F)F)nn1-c1cccc(CNC(=O)C(C)N)n1. The number of alkyl halides is 3. The fourth-order valence-corrected chi connectivity index (χ4v) is 2.99. The van der Waals surface area contributed by atoms with Gasteiger partial charge in [-0.3, -0.25) is 9.59 Å². The molecule has 2 heterocycles. The molecular formula is C22H23F3N6O3. The van der Waals surface area contributed by atoms with E-state index in [1.165, 1.54) is 26.2 Å². The second kappa shape index (κ2) is 10.3. The Morgan fingerprint density at radius 2 is 1.85 bits per heavy atom. The van der Waals surface area contributed by atoms with Gasteiger partial charge in [-0.05, 0) is 25.1 Å². The normalized spacial score (nSPS) is 12.2. The summed E-state index contributed by atoms with van der Waals surface area (Å²) in [5.41, 5.74) is 4.89. The predicted octanol–water partition coefficient (Wildman–Crippen LogP) is 2.19. The van der Waals surface area contributed by atoms with Crippen LogP contribution in [0.25, 0.3) is 5.82 Å². The number of aromatic nitrogens is 3. The lowest BCUT2D eigenvalue weighted by atomic mass is 10.2. The highest BCUT2D eigenvalue weighted by Crippen LogP contribution is 2.29. The minimum atomic E-state index is -4.77. The van der Waals surface area contributed by atoms with E-state index < -0.39 is 29.7 Å². The first-order valence-corrected chi connectivity index (χ1v) is 10.2. The smallest absolute Gasteiger partial charge is 0.435 e. The van der Waals surface area contributed by atoms with Gasteiger partial charge in [0.05, 0.1) is 25.4 Å². The van der Waals surface area contributed by atoms with Gasteiger partial charge in [0.1, 0.15) is 11.4 Å². The van der Waals surface area contributed by atoms with Crippen LogP contribution in [0, 0.1) is 0 Å². The molecule has 1 unspecified atom stereocenters. The maximum atomic E-state index is 13.4. The number of nitrogens with one attached hydrogen (secondary N) is 2. The molecule has 0 radical (unpaired) electrons. The van der Waals surface area contributed by atoms with Crippen LogP contribution in [0.15, 0.2) is 48.5 Å². The number of hydrogen-bond acceptors (Lipinski definition) is 6. The van der Waals surface area contributed by atoms with Gasteiger partial charge in [-0.25, -0.2) is 9.67 Å². The quantitative estimate of drug-likeness (QED) is 0.458. The van der Waals surface area contributed by atoms with Crippen molar-refractivity contribution in [1.29, 1.82) is 0 Å². The number of halogens is 3. The van der Waals surface area contributed by atoms with Gasteiger partial charge in [0.2, 0.25) is 5.91 Å². The Labute approximate surface area is 193 Å². The van der Waals surface area contributed by atoms with Crippen molar-refractivity contribution in [2.75, 3.05) is 7.11 Å². The predicted molar refractivity (Wildman–Crippen MR) is 116 cm³/mol. The fourth-order valence-electron chi connectivity index (χ4n) is 2.99. The highest BCUT2D eigenvalue weighted by molar-refractivity contribution is 5.93. The number of nitrogens with zero attached hydrogens (tertiary/aromatic N) is 3. The first-order valence-electron chi connectivity index (χ1n) is 10.2. The van der Waals surface area contributed by atoms with Crippen molar-refractivity contribution in [2.45, 2.75) is 32.2 Å². The third-order valence-corrected chi connectivity index (χ3v) is 4.73. The van der Waals surface area contributed by atoms with Gasteiger partial charge in [-0.1, -0.05) is 24.3 Å². The van der Waals surface area contributed by atoms with E-state index in [2.05, 4.69) is 20.7 Å². The van der Waals surface area contributed by atoms with Gasteiger partial charge in [0, 0.05) is 18.2 Å². The van der Waals surface area contributed by atoms with Gasteiger partial charge >= 0.3 is 6.18 Å². The Morgan fingerprint density at radius 1 is 1.12 bits per heavy atom. The number of nitrogens with two attached hydrogens (primary N) is 1. The molecule has 1 atom stereocenters. The first-order chi connectivity index (χ1) is 16.1. The summed E-state index contributed by atoms with van der Waals surface area (Å²) >= 11 is 0. The number of hydrogen-bond donors (Lipinski definition) is 3. The molecule has 180 valence electrons. The largest absolute Gasteiger partial charge is 0.496 e. The molecule has 12 heteroatoms. The molecule has 0 aliphatic rings. The van der Waals surface area contributed by atoms with E-state index in [9.17, 15) is 22.8 Å². The molecule has 2 aromatic heterocycles. The second-order valence-electron chi connectivity index (χ2n) is 7.31. The molecule has 34 heavy (non-hydrogen) atoms. The van der Waals surface area contributed by atoms with Crippen LogP contribution in [-0.4, -0.2) is 39.7 Å². The van der Waals surface area contributed by atoms with E-state index in [-0.39, 0.29) is 24.6 Å². The van der Waals surface area contributed by atoms with E-state index in [1.807, 2.05) is 0 Å². The summed E-state index contributed by atoms with van der Waals surface area (Å²) in [5.74, 6) is -0.700. The van der Waals surface area contributed by atoms with Gasteiger partial charge in [0.25, 0.3) is 5.91 Å². The molecule has 0 aliphatic carbocycles. The highest BCUT2D eigenvalue weighted by atomic mass is 19.4. The zero-order valence-corrected chi connectivity index (χ0v) is 18.4. The number of pyridine rings is 1. The number of benzene rings is 1. The molecule has 0 aliphatic heterocycles. The number of rotatable bonds is 8. The Bertz CT molecular complexity index is 1180. The molecular weight excluding hydrogens is 453 g/mol. The van der Waals surface area contributed by atoms with Crippen LogP contribution in [0.3, 0.4) is 0 Å². The van der Waals surface area contributed by atoms with Crippen molar-refractivity contribution >= 4 is 11.8 Å². The van der Waals surface area contributed by atoms with E-state index in [1.54, 1.807) is 30.3 Å². The van der Waals surface area contributed by atoms with Crippen LogP contribution in [-0.2, 0) is 24.1 Å². The lowest BCUT2D eigenvalue weighted by molar-refractivity contribution is -0.141. The van der Waals surface area contributed by atoms with Crippen molar-refractivity contribution < 1.29 is 27.5 Å². The Kier molecular flexibility index (Phi) is 7.51. The maximum absolute atomic E-state index is 13.4. The Morgan fingerprint density at radius 3 is 2.53 bits per heavy atom. The molecule has 0 spiro atoms. The molecule has 1 aromatic carbocycles. The lowest BCUT2D eigenvalue weighted by Gasteiger charge is -2.11. The zero-order chi connectivity index (χ0) is 24.9. The minimum absolute atomic E-state index is 0.00303. The summed E-state index contributed by atoms with van der Waals surface area (Å²) in [6, 6.07) is 11.3. The Hall–Kier alpha value is -3.93. The van der Waals surface area contributed by atoms with Crippen LogP contribution in [0.5, 0.6) is 5.75 Å². The van der Waals surface area contributed by atoms with Crippen LogP contribution < -0.4 is 21.1 Å². The average Bonchev–Trinajstić information content (AvgIpc) is 3.27. The van der Waals surface area contributed by atoms with E-state index in [0.717, 1.165) is 4.68 Å². The lowest BCUT2D eigenvalue weighted by Crippen LogP contribution is -2.38. The summed E-state index contributed by atoms with van der Waals surface area (Å²) in [4.78, 5) is 28.8. The highest BCUT2D eigenvalue weighted by Gasteiger charge is 2.36. The first kappa shape index (κ1) is 24.7. The summed E-state index contributed by atoms with van der Waals surface area (Å²) in [7, 11) is 1.47. The van der Waals surface area contributed by atoms with Crippen molar-refractivity contribution in [3.05, 3.63) is 71.2 Å². The number of carbonyl (C=O) groups excluding carboxylic acids is 2. The summed E-state index contributed by atoms with van der Waals surface area (Å²) in [6.45, 7) is 1.53. The van der Waals surface area contributed by atoms with Crippen molar-refractivity contribution in [2.24, 2.45) is 5.73 Å². The van der Waals surface area contributed by atoms with Gasteiger partial charge in [0.15, 0.2) is 11.5 Å². The van der Waals surface area contributed by atoms with Crippen LogP contribution in [0.2, 0.25) is 0 Å². The molecule has 0 saturated carbocycles. The second-order valence-corrected chi connectivity index (χ2v) is 7.31. The van der Waals surface area contributed by atoms with Gasteiger partial charge in [-0.2, -0.15) is 18.3 Å². The third-order valence-electron chi connectivity index (χ3n) is 4.73. The molecule has 3 aromatic rings. The van der Waals surface area contributed by atoms with E-state index >= 15 is 0 Å². The molecule has 4 N–H and O–H groups in total. The molecule has 9 nitrogen and oxygen atoms in total. The number of carbonyl (C=O) groups is 2. The summed E-state index contributed by atoms with van der Waals surface area (Å²) in [6.07, 6.45) is -4.77.